The molecule has 0 aliphatic rings. The summed E-state index contributed by atoms with van der Waals surface area (Å²) in [5.74, 6) is 0. The summed E-state index contributed by atoms with van der Waals surface area (Å²) >= 11 is 0. The molecule has 0 saturated heterocycles. The van der Waals surface area contributed by atoms with E-state index in [1.807, 2.05) is 0 Å². The van der Waals surface area contributed by atoms with E-state index in [4.69, 9.17) is 0 Å². The average Bonchev–Trinajstić information content (AvgIpc) is 3.10. The molecule has 0 amide bonds. The second kappa shape index (κ2) is 8.90. The van der Waals surface area contributed by atoms with Crippen LogP contribution in [-0.4, -0.2) is 4.57 Å². The van der Waals surface area contributed by atoms with Crippen molar-refractivity contribution < 1.29 is 0 Å². The maximum Gasteiger partial charge on any atom is 0.0486 e. The Morgan fingerprint density at radius 1 is 0.821 bits per heavy atom. The number of hydrogen-bond acceptors (Lipinski definition) is 1. The first-order valence-corrected chi connectivity index (χ1v) is 10.2. The summed E-state index contributed by atoms with van der Waals surface area (Å²) in [6.45, 7) is 4.03. The van der Waals surface area contributed by atoms with Gasteiger partial charge in [0.05, 0.1) is 0 Å². The minimum absolute atomic E-state index is 0.391. The third-order valence-electron chi connectivity index (χ3n) is 5.39. The van der Waals surface area contributed by atoms with Gasteiger partial charge in [-0.05, 0) is 29.2 Å². The topological polar surface area (TPSA) is 17.0 Å². The molecular formula is C26H28N2. The molecule has 0 radical (unpaired) electrons. The van der Waals surface area contributed by atoms with Crippen LogP contribution in [0.3, 0.4) is 0 Å². The van der Waals surface area contributed by atoms with Crippen molar-refractivity contribution >= 4 is 10.9 Å². The standard InChI is InChI=1S/C26H28N2/c1-2-11-25(22-14-7-4-8-15-22)27-18-23-20-28(19-21-12-5-3-6-13-21)26-17-10-9-16-24(23)26/h3-10,12-17,20,25,27H,2,11,18-19H2,1H3/t25-/m0/s1. The van der Waals surface area contributed by atoms with Crippen LogP contribution in [-0.2, 0) is 13.1 Å². The van der Waals surface area contributed by atoms with Crippen molar-refractivity contribution in [3.05, 3.63) is 108 Å². The van der Waals surface area contributed by atoms with Crippen molar-refractivity contribution in [2.24, 2.45) is 0 Å². The van der Waals surface area contributed by atoms with Gasteiger partial charge in [0.2, 0.25) is 0 Å². The van der Waals surface area contributed by atoms with Gasteiger partial charge in [0, 0.05) is 36.2 Å². The van der Waals surface area contributed by atoms with Crippen molar-refractivity contribution in [3.8, 4) is 0 Å². The van der Waals surface area contributed by atoms with E-state index in [0.717, 1.165) is 19.5 Å². The lowest BCUT2D eigenvalue weighted by molar-refractivity contribution is 0.494. The first-order chi connectivity index (χ1) is 13.8. The van der Waals surface area contributed by atoms with Gasteiger partial charge in [-0.25, -0.2) is 0 Å². The fourth-order valence-corrected chi connectivity index (χ4v) is 3.97. The van der Waals surface area contributed by atoms with E-state index in [9.17, 15) is 0 Å². The summed E-state index contributed by atoms with van der Waals surface area (Å²) in [6.07, 6.45) is 4.63. The van der Waals surface area contributed by atoms with Crippen molar-refractivity contribution in [1.29, 1.82) is 0 Å². The zero-order valence-corrected chi connectivity index (χ0v) is 16.5. The van der Waals surface area contributed by atoms with E-state index in [-0.39, 0.29) is 0 Å². The highest BCUT2D eigenvalue weighted by Gasteiger charge is 2.13. The van der Waals surface area contributed by atoms with Crippen molar-refractivity contribution in [2.75, 3.05) is 0 Å². The van der Waals surface area contributed by atoms with E-state index >= 15 is 0 Å². The number of nitrogens with zero attached hydrogens (tertiary/aromatic N) is 1. The Bertz CT molecular complexity index is 1000. The van der Waals surface area contributed by atoms with E-state index in [1.54, 1.807) is 0 Å². The van der Waals surface area contributed by atoms with Crippen molar-refractivity contribution in [2.45, 2.75) is 38.9 Å². The number of aromatic nitrogens is 1. The minimum Gasteiger partial charge on any atom is -0.343 e. The van der Waals surface area contributed by atoms with Crippen LogP contribution in [0.2, 0.25) is 0 Å². The first kappa shape index (κ1) is 18.5. The molecule has 0 fully saturated rings. The maximum atomic E-state index is 3.81. The van der Waals surface area contributed by atoms with Gasteiger partial charge in [-0.2, -0.15) is 0 Å². The molecule has 1 atom stereocenters. The summed E-state index contributed by atoms with van der Waals surface area (Å²) in [5.41, 5.74) is 5.37. The highest BCUT2D eigenvalue weighted by atomic mass is 15.0. The van der Waals surface area contributed by atoms with Crippen LogP contribution in [0.25, 0.3) is 10.9 Å². The third kappa shape index (κ3) is 4.18. The molecular weight excluding hydrogens is 340 g/mol. The third-order valence-corrected chi connectivity index (χ3v) is 5.39. The van der Waals surface area contributed by atoms with Crippen LogP contribution < -0.4 is 5.32 Å². The Morgan fingerprint density at radius 2 is 1.50 bits per heavy atom. The summed E-state index contributed by atoms with van der Waals surface area (Å²) in [4.78, 5) is 0. The van der Waals surface area contributed by atoms with Crippen molar-refractivity contribution in [3.63, 3.8) is 0 Å². The van der Waals surface area contributed by atoms with Gasteiger partial charge in [-0.3, -0.25) is 0 Å². The molecule has 0 saturated carbocycles. The highest BCUT2D eigenvalue weighted by Crippen LogP contribution is 2.24. The van der Waals surface area contributed by atoms with Gasteiger partial charge in [-0.1, -0.05) is 92.2 Å². The Labute approximate surface area is 167 Å². The molecule has 0 bridgehead atoms. The monoisotopic (exact) mass is 368 g/mol. The molecule has 28 heavy (non-hydrogen) atoms. The highest BCUT2D eigenvalue weighted by molar-refractivity contribution is 5.84. The van der Waals surface area contributed by atoms with Gasteiger partial charge in [0.1, 0.15) is 0 Å². The second-order valence-corrected chi connectivity index (χ2v) is 7.42. The van der Waals surface area contributed by atoms with Gasteiger partial charge in [0.25, 0.3) is 0 Å². The second-order valence-electron chi connectivity index (χ2n) is 7.42. The van der Waals surface area contributed by atoms with E-state index in [1.165, 1.54) is 34.0 Å². The summed E-state index contributed by atoms with van der Waals surface area (Å²) in [6, 6.07) is 30.6. The minimum atomic E-state index is 0.391. The molecule has 0 aliphatic heterocycles. The lowest BCUT2D eigenvalue weighted by Gasteiger charge is -2.18. The first-order valence-electron chi connectivity index (χ1n) is 10.2. The van der Waals surface area contributed by atoms with Gasteiger partial charge in [0.15, 0.2) is 0 Å². The lowest BCUT2D eigenvalue weighted by atomic mass is 10.0. The fourth-order valence-electron chi connectivity index (χ4n) is 3.97. The van der Waals surface area contributed by atoms with Gasteiger partial charge in [-0.15, -0.1) is 0 Å². The van der Waals surface area contributed by atoms with Crippen molar-refractivity contribution in [1.82, 2.24) is 9.88 Å². The summed E-state index contributed by atoms with van der Waals surface area (Å²) in [5, 5.41) is 5.15. The Balaban J connectivity index is 1.58. The van der Waals surface area contributed by atoms with E-state index in [0.29, 0.717) is 6.04 Å². The molecule has 3 aromatic carbocycles. The van der Waals surface area contributed by atoms with Gasteiger partial charge >= 0.3 is 0 Å². The van der Waals surface area contributed by atoms with Crippen LogP contribution in [0.15, 0.2) is 91.1 Å². The van der Waals surface area contributed by atoms with Crippen LogP contribution in [0.4, 0.5) is 0 Å². The molecule has 142 valence electrons. The Hall–Kier alpha value is -2.84. The molecule has 0 unspecified atom stereocenters. The number of fused-ring (bicyclic) bond motifs is 1. The summed E-state index contributed by atoms with van der Waals surface area (Å²) in [7, 11) is 0. The molecule has 0 aliphatic carbocycles. The lowest BCUT2D eigenvalue weighted by Crippen LogP contribution is -2.20. The number of hydrogen-bond donors (Lipinski definition) is 1. The Kier molecular flexibility index (Phi) is 5.89. The quantitative estimate of drug-likeness (QED) is 0.385. The zero-order valence-electron chi connectivity index (χ0n) is 16.5. The molecule has 1 heterocycles. The smallest absolute Gasteiger partial charge is 0.0486 e. The fraction of sp³-hybridized carbons (Fsp3) is 0.231. The Morgan fingerprint density at radius 3 is 2.25 bits per heavy atom. The predicted octanol–water partition coefficient (Wildman–Crippen LogP) is 6.32. The van der Waals surface area contributed by atoms with E-state index in [2.05, 4.69) is 108 Å². The zero-order chi connectivity index (χ0) is 19.2. The van der Waals surface area contributed by atoms with Crippen LogP contribution >= 0.6 is 0 Å². The predicted molar refractivity (Wildman–Crippen MR) is 118 cm³/mol. The number of para-hydroxylation sites is 1. The van der Waals surface area contributed by atoms with E-state index < -0.39 is 0 Å². The molecule has 0 spiro atoms. The molecule has 1 N–H and O–H groups in total. The average molecular weight is 369 g/mol. The molecule has 2 nitrogen and oxygen atoms in total. The molecule has 1 aromatic heterocycles. The number of benzene rings is 3. The molecule has 4 aromatic rings. The SMILES string of the molecule is CCC[C@H](NCc1cn(Cc2ccccc2)c2ccccc12)c1ccccc1. The normalized spacial score (nSPS) is 12.3. The summed E-state index contributed by atoms with van der Waals surface area (Å²) < 4.78 is 2.37. The molecule has 4 rings (SSSR count). The van der Waals surface area contributed by atoms with Gasteiger partial charge < -0.3 is 9.88 Å². The number of rotatable bonds is 8. The maximum absolute atomic E-state index is 3.81. The van der Waals surface area contributed by atoms with Crippen LogP contribution in [0, 0.1) is 0 Å². The van der Waals surface area contributed by atoms with Crippen LogP contribution in [0.5, 0.6) is 0 Å². The number of nitrogens with one attached hydrogen (secondary N) is 1. The van der Waals surface area contributed by atoms with Crippen LogP contribution in [0.1, 0.15) is 42.5 Å². The largest absolute Gasteiger partial charge is 0.343 e. The molecule has 2 heteroatoms.